The van der Waals surface area contributed by atoms with Gasteiger partial charge in [0.2, 0.25) is 0 Å². The fourth-order valence-corrected chi connectivity index (χ4v) is 3.09. The zero-order valence-corrected chi connectivity index (χ0v) is 16.5. The summed E-state index contributed by atoms with van der Waals surface area (Å²) in [5, 5.41) is 2.96. The Morgan fingerprint density at radius 1 is 0.893 bits per heavy atom. The first-order chi connectivity index (χ1) is 13.4. The van der Waals surface area contributed by atoms with Crippen LogP contribution in [-0.4, -0.2) is 20.1 Å². The van der Waals surface area contributed by atoms with Gasteiger partial charge in [-0.3, -0.25) is 4.79 Å². The van der Waals surface area contributed by atoms with Gasteiger partial charge in [0.1, 0.15) is 0 Å². The smallest absolute Gasteiger partial charge is 0.259 e. The second kappa shape index (κ2) is 8.05. The van der Waals surface area contributed by atoms with E-state index < -0.39 is 0 Å². The molecule has 0 atom stereocenters. The van der Waals surface area contributed by atoms with Crippen molar-refractivity contribution in [1.82, 2.24) is 0 Å². The van der Waals surface area contributed by atoms with E-state index in [1.54, 1.807) is 25.3 Å². The Balaban J connectivity index is 1.87. The summed E-state index contributed by atoms with van der Waals surface area (Å²) in [6, 6.07) is 17.1. The minimum Gasteiger partial charge on any atom is -0.493 e. The Kier molecular flexibility index (Phi) is 5.54. The fraction of sp³-hybridized carbons (Fsp3) is 0.174. The number of amides is 1. The fourth-order valence-electron chi connectivity index (χ4n) is 3.09. The van der Waals surface area contributed by atoms with Gasteiger partial charge in [-0.1, -0.05) is 18.2 Å². The van der Waals surface area contributed by atoms with Crippen LogP contribution in [0.1, 0.15) is 21.5 Å². The van der Waals surface area contributed by atoms with E-state index in [9.17, 15) is 4.79 Å². The molecule has 0 aromatic heterocycles. The molecule has 3 rings (SSSR count). The summed E-state index contributed by atoms with van der Waals surface area (Å²) in [6.45, 7) is 3.95. The number of anilines is 2. The number of hydrogen-bond acceptors (Lipinski definition) is 4. The van der Waals surface area contributed by atoms with Gasteiger partial charge in [0.25, 0.3) is 5.91 Å². The molecular weight excluding hydrogens is 352 g/mol. The van der Waals surface area contributed by atoms with Crippen molar-refractivity contribution in [3.63, 3.8) is 0 Å². The zero-order chi connectivity index (χ0) is 20.3. The number of methoxy groups -OCH3 is 2. The first-order valence-corrected chi connectivity index (χ1v) is 8.94. The van der Waals surface area contributed by atoms with Crippen molar-refractivity contribution in [1.29, 1.82) is 0 Å². The highest BCUT2D eigenvalue weighted by Crippen LogP contribution is 2.32. The highest BCUT2D eigenvalue weighted by molar-refractivity contribution is 6.07. The number of nitrogen functional groups attached to an aromatic ring is 1. The van der Waals surface area contributed by atoms with Crippen LogP contribution in [0.4, 0.5) is 11.4 Å². The molecule has 0 aliphatic carbocycles. The van der Waals surface area contributed by atoms with Crippen LogP contribution in [0.25, 0.3) is 11.1 Å². The van der Waals surface area contributed by atoms with E-state index in [2.05, 4.69) is 11.4 Å². The lowest BCUT2D eigenvalue weighted by molar-refractivity contribution is 0.102. The number of para-hydroxylation sites is 1. The third kappa shape index (κ3) is 3.78. The van der Waals surface area contributed by atoms with E-state index in [1.807, 2.05) is 44.2 Å². The summed E-state index contributed by atoms with van der Waals surface area (Å²) in [4.78, 5) is 12.8. The third-order valence-electron chi connectivity index (χ3n) is 4.73. The van der Waals surface area contributed by atoms with Crippen LogP contribution in [0.5, 0.6) is 11.5 Å². The van der Waals surface area contributed by atoms with E-state index in [0.717, 1.165) is 33.6 Å². The summed E-state index contributed by atoms with van der Waals surface area (Å²) >= 11 is 0. The van der Waals surface area contributed by atoms with Gasteiger partial charge >= 0.3 is 0 Å². The number of aryl methyl sites for hydroxylation is 2. The van der Waals surface area contributed by atoms with E-state index >= 15 is 0 Å². The largest absolute Gasteiger partial charge is 0.493 e. The number of benzene rings is 3. The van der Waals surface area contributed by atoms with Gasteiger partial charge in [-0.2, -0.15) is 0 Å². The molecular formula is C23H24N2O3. The van der Waals surface area contributed by atoms with Crippen molar-refractivity contribution in [2.75, 3.05) is 25.3 Å². The maximum atomic E-state index is 12.8. The molecule has 1 amide bonds. The van der Waals surface area contributed by atoms with Gasteiger partial charge in [-0.25, -0.2) is 0 Å². The Labute approximate surface area is 165 Å². The quantitative estimate of drug-likeness (QED) is 0.626. The molecule has 144 valence electrons. The lowest BCUT2D eigenvalue weighted by Crippen LogP contribution is -2.14. The van der Waals surface area contributed by atoms with Crippen LogP contribution in [0, 0.1) is 13.8 Å². The zero-order valence-electron chi connectivity index (χ0n) is 16.5. The summed E-state index contributed by atoms with van der Waals surface area (Å²) in [7, 11) is 3.06. The number of nitrogens with one attached hydrogen (secondary N) is 1. The third-order valence-corrected chi connectivity index (χ3v) is 4.73. The topological polar surface area (TPSA) is 73.6 Å². The average molecular weight is 376 g/mol. The SMILES string of the molecule is COc1cccc(C(=O)Nc2ccc(-c3ccc(N)c(C)c3)cc2C)c1OC. The maximum absolute atomic E-state index is 12.8. The summed E-state index contributed by atoms with van der Waals surface area (Å²) in [6.07, 6.45) is 0. The number of hydrogen-bond donors (Lipinski definition) is 2. The van der Waals surface area contributed by atoms with Gasteiger partial charge < -0.3 is 20.5 Å². The molecule has 0 spiro atoms. The Bertz CT molecular complexity index is 1030. The van der Waals surface area contributed by atoms with E-state index in [4.69, 9.17) is 15.2 Å². The summed E-state index contributed by atoms with van der Waals surface area (Å²) < 4.78 is 10.6. The molecule has 0 bridgehead atoms. The molecule has 28 heavy (non-hydrogen) atoms. The first kappa shape index (κ1) is 19.3. The molecule has 0 aliphatic rings. The van der Waals surface area contributed by atoms with Crippen molar-refractivity contribution >= 4 is 17.3 Å². The molecule has 5 heteroatoms. The molecule has 0 aliphatic heterocycles. The molecule has 0 fully saturated rings. The van der Waals surface area contributed by atoms with Gasteiger partial charge in [0.05, 0.1) is 19.8 Å². The molecule has 0 radical (unpaired) electrons. The van der Waals surface area contributed by atoms with Crippen LogP contribution in [0.15, 0.2) is 54.6 Å². The van der Waals surface area contributed by atoms with E-state index in [1.165, 1.54) is 7.11 Å². The Hall–Kier alpha value is -3.47. The molecule has 0 unspecified atom stereocenters. The number of carbonyl (C=O) groups excluding carboxylic acids is 1. The van der Waals surface area contributed by atoms with Crippen molar-refractivity contribution < 1.29 is 14.3 Å². The Morgan fingerprint density at radius 2 is 1.57 bits per heavy atom. The monoisotopic (exact) mass is 376 g/mol. The second-order valence-electron chi connectivity index (χ2n) is 6.60. The molecule has 0 heterocycles. The minimum absolute atomic E-state index is 0.255. The van der Waals surface area contributed by atoms with Gasteiger partial charge in [0, 0.05) is 11.4 Å². The molecule has 3 N–H and O–H groups in total. The van der Waals surface area contributed by atoms with Crippen LogP contribution < -0.4 is 20.5 Å². The van der Waals surface area contributed by atoms with E-state index in [0.29, 0.717) is 17.1 Å². The Morgan fingerprint density at radius 3 is 2.18 bits per heavy atom. The van der Waals surface area contributed by atoms with Gasteiger partial charge in [0.15, 0.2) is 11.5 Å². The minimum atomic E-state index is -0.255. The van der Waals surface area contributed by atoms with Crippen molar-refractivity contribution in [2.24, 2.45) is 0 Å². The van der Waals surface area contributed by atoms with Crippen molar-refractivity contribution in [2.45, 2.75) is 13.8 Å². The van der Waals surface area contributed by atoms with Gasteiger partial charge in [-0.15, -0.1) is 0 Å². The lowest BCUT2D eigenvalue weighted by Gasteiger charge is -2.14. The average Bonchev–Trinajstić information content (AvgIpc) is 2.70. The summed E-state index contributed by atoms with van der Waals surface area (Å²) in [5.74, 6) is 0.671. The predicted molar refractivity (Wildman–Crippen MR) is 113 cm³/mol. The molecule has 0 saturated heterocycles. The lowest BCUT2D eigenvalue weighted by atomic mass is 10.00. The molecule has 0 saturated carbocycles. The van der Waals surface area contributed by atoms with E-state index in [-0.39, 0.29) is 5.91 Å². The van der Waals surface area contributed by atoms with Crippen LogP contribution in [-0.2, 0) is 0 Å². The number of carbonyl (C=O) groups is 1. The van der Waals surface area contributed by atoms with Crippen molar-refractivity contribution in [3.8, 4) is 22.6 Å². The molecule has 3 aromatic carbocycles. The standard InChI is InChI=1S/C23H24N2O3/c1-14-12-16(8-10-19(14)24)17-9-11-20(15(2)13-17)25-23(26)18-6-5-7-21(27-3)22(18)28-4/h5-13H,24H2,1-4H3,(H,25,26). The predicted octanol–water partition coefficient (Wildman–Crippen LogP) is 4.82. The van der Waals surface area contributed by atoms with Crippen LogP contribution >= 0.6 is 0 Å². The second-order valence-corrected chi connectivity index (χ2v) is 6.60. The first-order valence-electron chi connectivity index (χ1n) is 8.94. The number of rotatable bonds is 5. The normalized spacial score (nSPS) is 10.4. The molecule has 5 nitrogen and oxygen atoms in total. The summed E-state index contributed by atoms with van der Waals surface area (Å²) in [5.41, 5.74) is 12.0. The van der Waals surface area contributed by atoms with Crippen LogP contribution in [0.2, 0.25) is 0 Å². The highest BCUT2D eigenvalue weighted by Gasteiger charge is 2.17. The van der Waals surface area contributed by atoms with Crippen LogP contribution in [0.3, 0.4) is 0 Å². The molecule has 3 aromatic rings. The van der Waals surface area contributed by atoms with Crippen molar-refractivity contribution in [3.05, 3.63) is 71.3 Å². The highest BCUT2D eigenvalue weighted by atomic mass is 16.5. The number of ether oxygens (including phenoxy) is 2. The maximum Gasteiger partial charge on any atom is 0.259 e. The van der Waals surface area contributed by atoms with Gasteiger partial charge in [-0.05, 0) is 72.5 Å². The number of nitrogens with two attached hydrogens (primary N) is 1.